The van der Waals surface area contributed by atoms with Gasteiger partial charge in [-0.25, -0.2) is 9.07 Å². The minimum atomic E-state index is -0.285. The molecule has 0 amide bonds. The van der Waals surface area contributed by atoms with E-state index in [0.717, 1.165) is 11.1 Å². The molecule has 136 valence electrons. The van der Waals surface area contributed by atoms with Crippen LogP contribution in [0, 0.1) is 12.7 Å². The molecule has 0 unspecified atom stereocenters. The van der Waals surface area contributed by atoms with Gasteiger partial charge in [0, 0.05) is 22.7 Å². The van der Waals surface area contributed by atoms with Gasteiger partial charge < -0.3 is 5.73 Å². The second-order valence-electron chi connectivity index (χ2n) is 5.78. The van der Waals surface area contributed by atoms with Gasteiger partial charge in [-0.1, -0.05) is 29.8 Å². The molecule has 0 spiro atoms. The molecule has 0 radical (unpaired) electrons. The predicted molar refractivity (Wildman–Crippen MR) is 104 cm³/mol. The van der Waals surface area contributed by atoms with Crippen molar-refractivity contribution in [1.29, 1.82) is 0 Å². The lowest BCUT2D eigenvalue weighted by Gasteiger charge is -2.11. The first kappa shape index (κ1) is 20.1. The van der Waals surface area contributed by atoms with E-state index in [2.05, 4.69) is 5.10 Å². The van der Waals surface area contributed by atoms with E-state index >= 15 is 0 Å². The molecule has 0 atom stereocenters. The summed E-state index contributed by atoms with van der Waals surface area (Å²) in [4.78, 5) is 12.5. The number of benzene rings is 2. The summed E-state index contributed by atoms with van der Waals surface area (Å²) in [6.07, 6.45) is 0. The first-order valence-corrected chi connectivity index (χ1v) is 8.18. The summed E-state index contributed by atoms with van der Waals surface area (Å²) >= 11 is 6.19. The van der Waals surface area contributed by atoms with Crippen LogP contribution in [0.1, 0.15) is 16.7 Å². The van der Waals surface area contributed by atoms with Crippen LogP contribution in [0.15, 0.2) is 53.3 Å². The highest BCUT2D eigenvalue weighted by molar-refractivity contribution is 6.31. The molecule has 0 saturated carbocycles. The van der Waals surface area contributed by atoms with Gasteiger partial charge in [0.05, 0.1) is 12.2 Å². The van der Waals surface area contributed by atoms with Crippen molar-refractivity contribution in [2.24, 2.45) is 5.73 Å². The number of rotatable bonds is 4. The Bertz CT molecular complexity index is 989. The van der Waals surface area contributed by atoms with E-state index in [1.807, 2.05) is 18.2 Å². The molecule has 0 fully saturated rings. The number of hydrogen-bond acceptors (Lipinski definition) is 3. The average molecular weight is 394 g/mol. The maximum Gasteiger partial charge on any atom is 0.271 e. The molecule has 1 aromatic heterocycles. The fourth-order valence-electron chi connectivity index (χ4n) is 2.58. The van der Waals surface area contributed by atoms with Gasteiger partial charge in [0.15, 0.2) is 0 Å². The summed E-state index contributed by atoms with van der Waals surface area (Å²) in [6, 6.07) is 13.6. The first-order valence-electron chi connectivity index (χ1n) is 7.80. The van der Waals surface area contributed by atoms with Crippen LogP contribution in [0.5, 0.6) is 0 Å². The van der Waals surface area contributed by atoms with Crippen molar-refractivity contribution in [2.75, 3.05) is 0 Å². The predicted octanol–water partition coefficient (Wildman–Crippen LogP) is 3.94. The molecule has 1 heterocycles. The zero-order valence-corrected chi connectivity index (χ0v) is 15.6. The van der Waals surface area contributed by atoms with Crippen molar-refractivity contribution in [2.45, 2.75) is 20.0 Å². The molecule has 3 aromatic rings. The van der Waals surface area contributed by atoms with Crippen molar-refractivity contribution in [3.8, 4) is 11.3 Å². The monoisotopic (exact) mass is 393 g/mol. The normalized spacial score (nSPS) is 10.5. The second kappa shape index (κ2) is 8.45. The van der Waals surface area contributed by atoms with Crippen LogP contribution in [0.2, 0.25) is 5.02 Å². The molecule has 4 nitrogen and oxygen atoms in total. The van der Waals surface area contributed by atoms with Crippen LogP contribution in [0.3, 0.4) is 0 Å². The fourth-order valence-corrected chi connectivity index (χ4v) is 2.78. The lowest BCUT2D eigenvalue weighted by molar-refractivity contribution is 0.618. The molecule has 2 aromatic carbocycles. The lowest BCUT2D eigenvalue weighted by Crippen LogP contribution is -2.28. The summed E-state index contributed by atoms with van der Waals surface area (Å²) in [5, 5.41) is 4.99. The number of nitrogens with two attached hydrogens (primary N) is 1. The van der Waals surface area contributed by atoms with E-state index in [-0.39, 0.29) is 36.9 Å². The quantitative estimate of drug-likeness (QED) is 0.729. The highest BCUT2D eigenvalue weighted by atomic mass is 35.5. The Morgan fingerprint density at radius 2 is 1.88 bits per heavy atom. The maximum atomic E-state index is 13.5. The summed E-state index contributed by atoms with van der Waals surface area (Å²) in [5.74, 6) is -0.285. The third kappa shape index (κ3) is 4.12. The number of halogens is 3. The smallest absolute Gasteiger partial charge is 0.271 e. The summed E-state index contributed by atoms with van der Waals surface area (Å²) in [7, 11) is 0. The number of hydrogen-bond donors (Lipinski definition) is 1. The van der Waals surface area contributed by atoms with Gasteiger partial charge in [-0.3, -0.25) is 4.79 Å². The molecule has 0 bridgehead atoms. The Labute approximate surface area is 161 Å². The van der Waals surface area contributed by atoms with E-state index in [0.29, 0.717) is 21.8 Å². The molecule has 0 aliphatic heterocycles. The molecule has 7 heteroatoms. The van der Waals surface area contributed by atoms with Gasteiger partial charge >= 0.3 is 0 Å². The number of aromatic nitrogens is 2. The van der Waals surface area contributed by atoms with Crippen LogP contribution in [-0.2, 0) is 13.1 Å². The SMILES string of the molecule is Cc1cc(-c2cc(CN)c(=O)n(Cc3ccccc3Cl)n2)ccc1F.Cl. The number of nitrogens with zero attached hydrogens (tertiary/aromatic N) is 2. The van der Waals surface area contributed by atoms with Crippen molar-refractivity contribution in [3.63, 3.8) is 0 Å². The van der Waals surface area contributed by atoms with E-state index < -0.39 is 0 Å². The first-order chi connectivity index (χ1) is 12.0. The molecular weight excluding hydrogens is 376 g/mol. The number of aryl methyl sites for hydroxylation is 1. The van der Waals surface area contributed by atoms with Gasteiger partial charge in [0.25, 0.3) is 5.56 Å². The zero-order chi connectivity index (χ0) is 18.0. The van der Waals surface area contributed by atoms with E-state index in [4.69, 9.17) is 17.3 Å². The van der Waals surface area contributed by atoms with Gasteiger partial charge in [-0.15, -0.1) is 12.4 Å². The van der Waals surface area contributed by atoms with Crippen molar-refractivity contribution < 1.29 is 4.39 Å². The van der Waals surface area contributed by atoms with Crippen molar-refractivity contribution in [3.05, 3.63) is 86.4 Å². The summed E-state index contributed by atoms with van der Waals surface area (Å²) < 4.78 is 14.9. The van der Waals surface area contributed by atoms with Gasteiger partial charge in [-0.05, 0) is 48.4 Å². The minimum Gasteiger partial charge on any atom is -0.326 e. The Morgan fingerprint density at radius 3 is 2.54 bits per heavy atom. The molecular formula is C19H18Cl2FN3O. The Balaban J connectivity index is 0.00000243. The van der Waals surface area contributed by atoms with Gasteiger partial charge in [0.1, 0.15) is 5.82 Å². The van der Waals surface area contributed by atoms with Crippen LogP contribution in [0.4, 0.5) is 4.39 Å². The van der Waals surface area contributed by atoms with Crippen LogP contribution in [-0.4, -0.2) is 9.78 Å². The van der Waals surface area contributed by atoms with E-state index in [1.54, 1.807) is 31.2 Å². The second-order valence-corrected chi connectivity index (χ2v) is 6.18. The van der Waals surface area contributed by atoms with Crippen LogP contribution in [0.25, 0.3) is 11.3 Å². The topological polar surface area (TPSA) is 60.9 Å². The average Bonchev–Trinajstić information content (AvgIpc) is 2.61. The molecule has 3 rings (SSSR count). The van der Waals surface area contributed by atoms with Gasteiger partial charge in [0.2, 0.25) is 0 Å². The van der Waals surface area contributed by atoms with Crippen LogP contribution >= 0.6 is 24.0 Å². The van der Waals surface area contributed by atoms with Crippen molar-refractivity contribution >= 4 is 24.0 Å². The Kier molecular flexibility index (Phi) is 6.53. The Hall–Kier alpha value is -2.21. The van der Waals surface area contributed by atoms with Crippen LogP contribution < -0.4 is 11.3 Å². The van der Waals surface area contributed by atoms with Crippen molar-refractivity contribution in [1.82, 2.24) is 9.78 Å². The van der Waals surface area contributed by atoms with E-state index in [9.17, 15) is 9.18 Å². The standard InChI is InChI=1S/C19H17ClFN3O.ClH/c1-12-8-13(6-7-17(12)21)18-9-15(10-22)19(25)24(23-18)11-14-4-2-3-5-16(14)20;/h2-9H,10-11,22H2,1H3;1H. The molecule has 0 aliphatic rings. The Morgan fingerprint density at radius 1 is 1.15 bits per heavy atom. The molecule has 2 N–H and O–H groups in total. The summed E-state index contributed by atoms with van der Waals surface area (Å²) in [6.45, 7) is 2.01. The molecule has 0 aliphatic carbocycles. The maximum absolute atomic E-state index is 13.5. The lowest BCUT2D eigenvalue weighted by atomic mass is 10.1. The third-order valence-electron chi connectivity index (χ3n) is 4.00. The highest BCUT2D eigenvalue weighted by Crippen LogP contribution is 2.21. The molecule has 0 saturated heterocycles. The minimum absolute atomic E-state index is 0. The highest BCUT2D eigenvalue weighted by Gasteiger charge is 2.12. The van der Waals surface area contributed by atoms with E-state index in [1.165, 1.54) is 10.7 Å². The largest absolute Gasteiger partial charge is 0.326 e. The third-order valence-corrected chi connectivity index (χ3v) is 4.37. The molecule has 26 heavy (non-hydrogen) atoms. The summed E-state index contributed by atoms with van der Waals surface area (Å²) in [5.41, 5.74) is 8.49. The van der Waals surface area contributed by atoms with Gasteiger partial charge in [-0.2, -0.15) is 5.10 Å². The fraction of sp³-hybridized carbons (Fsp3) is 0.158. The zero-order valence-electron chi connectivity index (χ0n) is 14.1.